The summed E-state index contributed by atoms with van der Waals surface area (Å²) in [5.41, 5.74) is 2.68. The minimum Gasteiger partial charge on any atom is -0.472 e. The number of hydrogen-bond acceptors (Lipinski definition) is 5. The molecule has 3 atom stereocenters. The summed E-state index contributed by atoms with van der Waals surface area (Å²) in [5.74, 6) is 0.266. The van der Waals surface area contributed by atoms with Crippen LogP contribution in [0.5, 0.6) is 5.88 Å². The number of carbonyl (C=O) groups is 1. The molecular weight excluding hydrogens is 407 g/mol. The minimum absolute atomic E-state index is 0.0701. The topological polar surface area (TPSA) is 68.2 Å². The maximum absolute atomic E-state index is 14.6. The Balaban J connectivity index is 1.47. The Bertz CT molecular complexity index is 1150. The average molecular weight is 432 g/mol. The monoisotopic (exact) mass is 432 g/mol. The second-order valence-electron chi connectivity index (χ2n) is 8.72. The normalized spacial score (nSPS) is 22.1. The first-order valence-corrected chi connectivity index (χ1v) is 11.0. The fraction of sp³-hybridized carbons (Fsp3) is 0.360. The Labute approximate surface area is 186 Å². The number of aromatic nitrogens is 3. The molecule has 0 aromatic carbocycles. The van der Waals surface area contributed by atoms with E-state index < -0.39 is 5.82 Å². The Morgan fingerprint density at radius 3 is 2.72 bits per heavy atom. The number of amides is 1. The Morgan fingerprint density at radius 1 is 1.09 bits per heavy atom. The van der Waals surface area contributed by atoms with Crippen molar-refractivity contribution in [1.82, 2.24) is 19.9 Å². The van der Waals surface area contributed by atoms with Gasteiger partial charge in [0.2, 0.25) is 5.88 Å². The van der Waals surface area contributed by atoms with Crippen LogP contribution in [0, 0.1) is 25.6 Å². The van der Waals surface area contributed by atoms with E-state index >= 15 is 0 Å². The smallest absolute Gasteiger partial charge is 0.273 e. The first kappa shape index (κ1) is 20.5. The zero-order valence-electron chi connectivity index (χ0n) is 18.2. The van der Waals surface area contributed by atoms with Gasteiger partial charge in [0.1, 0.15) is 23.3 Å². The predicted molar refractivity (Wildman–Crippen MR) is 118 cm³/mol. The molecule has 1 saturated carbocycles. The molecule has 6 nitrogen and oxygen atoms in total. The number of hydrogen-bond donors (Lipinski definition) is 0. The number of halogens is 1. The molecule has 1 aliphatic carbocycles. The van der Waals surface area contributed by atoms with Crippen LogP contribution in [-0.4, -0.2) is 44.4 Å². The molecule has 32 heavy (non-hydrogen) atoms. The maximum atomic E-state index is 14.6. The Hall–Kier alpha value is -3.35. The number of pyridine rings is 3. The third-order valence-electron chi connectivity index (χ3n) is 6.50. The first-order valence-electron chi connectivity index (χ1n) is 11.0. The van der Waals surface area contributed by atoms with Gasteiger partial charge < -0.3 is 9.64 Å². The van der Waals surface area contributed by atoms with Crippen LogP contribution in [0.2, 0.25) is 0 Å². The van der Waals surface area contributed by atoms with E-state index in [9.17, 15) is 9.18 Å². The SMILES string of the molecule is Cc1ccc(OC2CC3CCC2N(C(=O)c2nccc(C)c2-c2ncccc2F)C3)nc1. The highest BCUT2D eigenvalue weighted by molar-refractivity contribution is 5.99. The lowest BCUT2D eigenvalue weighted by molar-refractivity contribution is -0.0315. The van der Waals surface area contributed by atoms with Gasteiger partial charge in [0.05, 0.1) is 6.04 Å². The average Bonchev–Trinajstić information content (AvgIpc) is 2.81. The summed E-state index contributed by atoms with van der Waals surface area (Å²) in [5, 5.41) is 0. The molecular formula is C25H25FN4O2. The van der Waals surface area contributed by atoms with Gasteiger partial charge in [-0.3, -0.25) is 14.8 Å². The molecule has 164 valence electrons. The van der Waals surface area contributed by atoms with Crippen molar-refractivity contribution in [2.45, 2.75) is 45.3 Å². The second kappa shape index (κ2) is 8.30. The van der Waals surface area contributed by atoms with Crippen LogP contribution in [0.15, 0.2) is 48.9 Å². The van der Waals surface area contributed by atoms with Gasteiger partial charge in [0.25, 0.3) is 5.91 Å². The zero-order valence-corrected chi connectivity index (χ0v) is 18.2. The highest BCUT2D eigenvalue weighted by Gasteiger charge is 2.45. The van der Waals surface area contributed by atoms with Gasteiger partial charge in [-0.15, -0.1) is 0 Å². The molecule has 0 radical (unpaired) electrons. The summed E-state index contributed by atoms with van der Waals surface area (Å²) in [6, 6.07) is 8.43. The van der Waals surface area contributed by atoms with Crippen molar-refractivity contribution in [2.24, 2.45) is 5.92 Å². The van der Waals surface area contributed by atoms with Crippen molar-refractivity contribution < 1.29 is 13.9 Å². The van der Waals surface area contributed by atoms with Gasteiger partial charge >= 0.3 is 0 Å². The Kier molecular flexibility index (Phi) is 5.33. The largest absolute Gasteiger partial charge is 0.472 e. The molecule has 3 unspecified atom stereocenters. The van der Waals surface area contributed by atoms with Gasteiger partial charge in [-0.1, -0.05) is 6.07 Å². The molecule has 2 bridgehead atoms. The molecule has 3 aliphatic rings. The molecule has 3 fully saturated rings. The van der Waals surface area contributed by atoms with Gasteiger partial charge in [-0.25, -0.2) is 9.37 Å². The van der Waals surface area contributed by atoms with Crippen molar-refractivity contribution in [3.63, 3.8) is 0 Å². The number of rotatable bonds is 4. The van der Waals surface area contributed by atoms with E-state index in [1.807, 2.05) is 30.9 Å². The standard InChI is InChI=1S/C25H25FN4O2/c1-15-5-8-21(29-13-15)32-20-12-17-6-7-19(20)30(14-17)25(31)24-22(16(2)9-11-28-24)23-18(26)4-3-10-27-23/h3-5,8-11,13,17,19-20H,6-7,12,14H2,1-2H3. The van der Waals surface area contributed by atoms with Crippen molar-refractivity contribution in [1.29, 1.82) is 0 Å². The van der Waals surface area contributed by atoms with Gasteiger partial charge in [-0.2, -0.15) is 0 Å². The summed E-state index contributed by atoms with van der Waals surface area (Å²) in [6.07, 6.45) is 7.61. The first-order chi connectivity index (χ1) is 15.5. The van der Waals surface area contributed by atoms with E-state index in [1.165, 1.54) is 18.3 Å². The maximum Gasteiger partial charge on any atom is 0.273 e. The molecule has 2 aliphatic heterocycles. The van der Waals surface area contributed by atoms with Crippen molar-refractivity contribution in [3.8, 4) is 17.1 Å². The summed E-state index contributed by atoms with van der Waals surface area (Å²) >= 11 is 0. The van der Waals surface area contributed by atoms with E-state index in [1.54, 1.807) is 18.5 Å². The summed E-state index contributed by atoms with van der Waals surface area (Å²) in [4.78, 5) is 28.6. The molecule has 1 amide bonds. The van der Waals surface area contributed by atoms with E-state index in [0.29, 0.717) is 23.9 Å². The van der Waals surface area contributed by atoms with E-state index in [-0.39, 0.29) is 29.4 Å². The van der Waals surface area contributed by atoms with Crippen LogP contribution in [0.25, 0.3) is 11.3 Å². The fourth-order valence-corrected chi connectivity index (χ4v) is 4.90. The van der Waals surface area contributed by atoms with Crippen molar-refractivity contribution >= 4 is 5.91 Å². The van der Waals surface area contributed by atoms with Crippen LogP contribution in [0.3, 0.4) is 0 Å². The lowest BCUT2D eigenvalue weighted by atomic mass is 9.77. The van der Waals surface area contributed by atoms with E-state index in [0.717, 1.165) is 30.4 Å². The van der Waals surface area contributed by atoms with Crippen LogP contribution >= 0.6 is 0 Å². The number of fused-ring (bicyclic) bond motifs is 3. The molecule has 0 spiro atoms. The molecule has 7 heteroatoms. The van der Waals surface area contributed by atoms with E-state index in [2.05, 4.69) is 15.0 Å². The highest BCUT2D eigenvalue weighted by Crippen LogP contribution is 2.39. The van der Waals surface area contributed by atoms with Crippen molar-refractivity contribution in [2.75, 3.05) is 6.54 Å². The number of piperidine rings is 2. The minimum atomic E-state index is -0.468. The molecule has 2 saturated heterocycles. The number of nitrogens with zero attached hydrogens (tertiary/aromatic N) is 4. The van der Waals surface area contributed by atoms with Crippen LogP contribution in [0.4, 0.5) is 4.39 Å². The second-order valence-corrected chi connectivity index (χ2v) is 8.72. The fourth-order valence-electron chi connectivity index (χ4n) is 4.90. The van der Waals surface area contributed by atoms with Gasteiger partial charge in [-0.05, 0) is 68.4 Å². The molecule has 3 aromatic heterocycles. The number of aryl methyl sites for hydroxylation is 2. The van der Waals surface area contributed by atoms with E-state index in [4.69, 9.17) is 4.74 Å². The predicted octanol–water partition coefficient (Wildman–Crippen LogP) is 4.37. The number of ether oxygens (including phenoxy) is 1. The lowest BCUT2D eigenvalue weighted by Gasteiger charge is -2.49. The van der Waals surface area contributed by atoms with Gasteiger partial charge in [0, 0.05) is 36.8 Å². The summed E-state index contributed by atoms with van der Waals surface area (Å²) in [7, 11) is 0. The lowest BCUT2D eigenvalue weighted by Crippen LogP contribution is -2.59. The van der Waals surface area contributed by atoms with Crippen LogP contribution < -0.4 is 4.74 Å². The number of carbonyl (C=O) groups excluding carboxylic acids is 1. The summed E-state index contributed by atoms with van der Waals surface area (Å²) in [6.45, 7) is 4.49. The van der Waals surface area contributed by atoms with Crippen molar-refractivity contribution in [3.05, 3.63) is 71.6 Å². The van der Waals surface area contributed by atoms with Gasteiger partial charge in [0.15, 0.2) is 0 Å². The quantitative estimate of drug-likeness (QED) is 0.613. The highest BCUT2D eigenvalue weighted by atomic mass is 19.1. The van der Waals surface area contributed by atoms with Crippen LogP contribution in [-0.2, 0) is 0 Å². The molecule has 3 aromatic rings. The molecule has 6 rings (SSSR count). The third kappa shape index (κ3) is 3.72. The third-order valence-corrected chi connectivity index (χ3v) is 6.50. The van der Waals surface area contributed by atoms with Crippen LogP contribution in [0.1, 0.15) is 40.9 Å². The Morgan fingerprint density at radius 2 is 1.97 bits per heavy atom. The zero-order chi connectivity index (χ0) is 22.2. The summed E-state index contributed by atoms with van der Waals surface area (Å²) < 4.78 is 20.8. The molecule has 5 heterocycles. The molecule has 0 N–H and O–H groups in total.